The van der Waals surface area contributed by atoms with Crippen molar-refractivity contribution in [1.82, 2.24) is 42.5 Å². The second-order valence-electron chi connectivity index (χ2n) is 23.3. The van der Waals surface area contributed by atoms with E-state index in [4.69, 9.17) is 83.1 Å². The SMILES string of the molecule is C=CCOP(=O)(OCCNC(=O)CC(=O)NCCOP(=O)(OCC=C)OC[C@H](COCC[C@@H](C)OC(C)=O)NC(C)=O)OC[C@@H](COCC[C@@H](C)OC(C)=O)NC(C)=O.CC(=O)N[C@H](COCC[C@@H](C)OC(C)=O)COP(=O)(O)OCCNC(=O)NCCOP(=O)(O)OC[C@H](COCC[C@@H](C)OC(C)=O)NC(C)=O. The first-order chi connectivity index (χ1) is 51.1. The Morgan fingerprint density at radius 3 is 0.835 bits per heavy atom. The average molecular weight is 1660 g/mol. The van der Waals surface area contributed by atoms with Crippen molar-refractivity contribution in [1.29, 1.82) is 0 Å². The van der Waals surface area contributed by atoms with E-state index in [-0.39, 0.29) is 143 Å². The second-order valence-corrected chi connectivity index (χ2v) is 29.5. The fourth-order valence-electron chi connectivity index (χ4n) is 7.94. The molecule has 0 aliphatic carbocycles. The summed E-state index contributed by atoms with van der Waals surface area (Å²) >= 11 is 0. The summed E-state index contributed by atoms with van der Waals surface area (Å²) in [6.07, 6.45) is 2.06. The maximum atomic E-state index is 13.2. The van der Waals surface area contributed by atoms with Gasteiger partial charge >= 0.3 is 61.2 Å². The van der Waals surface area contributed by atoms with Gasteiger partial charge in [0.1, 0.15) is 30.8 Å². The number of carbonyl (C=O) groups excluding carboxylic acids is 11. The molecule has 8 amide bonds. The molecule has 632 valence electrons. The molecular weight excluding hydrogens is 1540 g/mol. The molecule has 0 heterocycles. The molecule has 10 N–H and O–H groups in total. The summed E-state index contributed by atoms with van der Waals surface area (Å²) in [5.74, 6) is -4.81. The van der Waals surface area contributed by atoms with E-state index in [9.17, 15) is 80.8 Å². The fourth-order valence-corrected chi connectivity index (χ4v) is 11.8. The van der Waals surface area contributed by atoms with Crippen LogP contribution in [0.25, 0.3) is 0 Å². The summed E-state index contributed by atoms with van der Waals surface area (Å²) in [6.45, 7) is 20.2. The van der Waals surface area contributed by atoms with Crippen LogP contribution in [0.1, 0.15) is 115 Å². The Balaban J connectivity index is 0. The van der Waals surface area contributed by atoms with Crippen LogP contribution < -0.4 is 42.5 Å². The van der Waals surface area contributed by atoms with Gasteiger partial charge in [-0.3, -0.25) is 93.2 Å². The van der Waals surface area contributed by atoms with Crippen molar-refractivity contribution in [3.05, 3.63) is 25.3 Å². The van der Waals surface area contributed by atoms with Crippen LogP contribution >= 0.6 is 31.3 Å². The van der Waals surface area contributed by atoms with Crippen LogP contribution in [0.2, 0.25) is 0 Å². The van der Waals surface area contributed by atoms with Crippen molar-refractivity contribution in [3.63, 3.8) is 0 Å². The monoisotopic (exact) mass is 1650 g/mol. The Hall–Kier alpha value is -6.27. The van der Waals surface area contributed by atoms with Gasteiger partial charge in [-0.2, -0.15) is 0 Å². The zero-order valence-corrected chi connectivity index (χ0v) is 67.5. The Bertz CT molecular complexity index is 2760. The van der Waals surface area contributed by atoms with Gasteiger partial charge in [0, 0.05) is 107 Å². The summed E-state index contributed by atoms with van der Waals surface area (Å²) in [4.78, 5) is 147. The van der Waals surface area contributed by atoms with E-state index in [1.807, 2.05) is 0 Å². The zero-order chi connectivity index (χ0) is 82.9. The highest BCUT2D eigenvalue weighted by molar-refractivity contribution is 7.49. The molecule has 0 aromatic rings. The summed E-state index contributed by atoms with van der Waals surface area (Å²) in [5, 5.41) is 19.8. The molecule has 4 unspecified atom stereocenters. The predicted molar refractivity (Wildman–Crippen MR) is 384 cm³/mol. The maximum Gasteiger partial charge on any atom is 0.475 e. The number of phosphoric acid groups is 4. The van der Waals surface area contributed by atoms with Crippen LogP contribution in [0.15, 0.2) is 25.3 Å². The van der Waals surface area contributed by atoms with E-state index in [1.165, 1.54) is 67.5 Å². The Morgan fingerprint density at radius 1 is 0.339 bits per heavy atom. The van der Waals surface area contributed by atoms with Crippen molar-refractivity contribution < 1.29 is 164 Å². The van der Waals surface area contributed by atoms with Crippen LogP contribution in [-0.2, 0) is 149 Å². The van der Waals surface area contributed by atoms with Crippen LogP contribution in [-0.4, -0.2) is 269 Å². The lowest BCUT2D eigenvalue weighted by Gasteiger charge is -2.22. The van der Waals surface area contributed by atoms with E-state index in [1.54, 1.807) is 27.7 Å². The number of amides is 8. The number of esters is 4. The van der Waals surface area contributed by atoms with Gasteiger partial charge < -0.3 is 90.2 Å². The number of nitrogens with one attached hydrogen (secondary N) is 8. The van der Waals surface area contributed by atoms with Gasteiger partial charge in [0.05, 0.1) is 143 Å². The van der Waals surface area contributed by atoms with Gasteiger partial charge in [0.15, 0.2) is 0 Å². The number of phosphoric ester groups is 4. The molecule has 47 heteroatoms. The number of hydrogen-bond donors (Lipinski definition) is 10. The van der Waals surface area contributed by atoms with Gasteiger partial charge in [-0.1, -0.05) is 12.2 Å². The normalized spacial score (nSPS) is 15.5. The highest BCUT2D eigenvalue weighted by Gasteiger charge is 2.32. The smallest absolute Gasteiger partial charge is 0.463 e. The van der Waals surface area contributed by atoms with Gasteiger partial charge in [-0.25, -0.2) is 23.1 Å². The molecule has 0 aromatic carbocycles. The number of hydrogen-bond acceptors (Lipinski definition) is 33. The molecule has 12 atom stereocenters. The molecule has 109 heavy (non-hydrogen) atoms. The lowest BCUT2D eigenvalue weighted by atomic mass is 10.3. The summed E-state index contributed by atoms with van der Waals surface area (Å²) < 4.78 is 144. The molecule has 0 bridgehead atoms. The van der Waals surface area contributed by atoms with Crippen molar-refractivity contribution in [2.24, 2.45) is 0 Å². The third kappa shape index (κ3) is 66.1. The van der Waals surface area contributed by atoms with Gasteiger partial charge in [-0.05, 0) is 27.7 Å². The molecule has 0 aromatic heterocycles. The Labute approximate surface area is 635 Å². The first-order valence-corrected chi connectivity index (χ1v) is 40.2. The first kappa shape index (κ1) is 105. The number of urea groups is 1. The van der Waals surface area contributed by atoms with Crippen LogP contribution in [0.3, 0.4) is 0 Å². The number of rotatable bonds is 64. The predicted octanol–water partition coefficient (Wildman–Crippen LogP) is 2.30. The lowest BCUT2D eigenvalue weighted by Crippen LogP contribution is -2.40. The lowest BCUT2D eigenvalue weighted by molar-refractivity contribution is -0.147. The minimum atomic E-state index is -4.58. The Morgan fingerprint density at radius 2 is 0.587 bits per heavy atom. The van der Waals surface area contributed by atoms with Gasteiger partial charge in [0.2, 0.25) is 35.4 Å². The summed E-state index contributed by atoms with van der Waals surface area (Å²) in [5.41, 5.74) is 0. The molecule has 0 saturated heterocycles. The van der Waals surface area contributed by atoms with Crippen molar-refractivity contribution in [2.75, 3.05) is 145 Å². The molecule has 43 nitrogen and oxygen atoms in total. The van der Waals surface area contributed by atoms with E-state index in [2.05, 4.69) is 55.7 Å². The molecule has 0 aliphatic heterocycles. The largest absolute Gasteiger partial charge is 0.475 e. The first-order valence-electron chi connectivity index (χ1n) is 34.3. The molecule has 0 fully saturated rings. The standard InChI is InChI=1S/C35H62N4O18P2.C27H52N4O17P2/c1-9-15-50-58(46,54-24-32(38-28(5)40)22-48-17-11-26(3)56-30(7)42)52-19-13-36-34(44)21-35(45)37-14-20-53-59(47,51-16-10-2)55-25-33(39-29(6)41)23-49-18-12-27(4)57-31(8)43;1-19(47-23(5)34)7-11-41-15-25(30-21(3)32)17-45-49(37,38)43-13-9-28-27(36)29-10-14-44-50(39,40)46-18-26(31-22(4)33)16-42-12-8-20(2)48-24(6)35/h9-10,26-27,32-33H,1-2,11-25H2,3-8H3,(H,36,44)(H,37,45)(H,38,40)(H,39,41);19-20,25-26H,7-18H2,1-6H3,(H,30,32)(H,31,33)(H,37,38)(H,39,40)(H2,28,29,36)/t26-,27-,32-,33+,58?,59?;19-,20-,25-,26+/m11/s1. The quantitative estimate of drug-likeness (QED) is 0.0104. The molecule has 0 aliphatic rings. The van der Waals surface area contributed by atoms with Crippen LogP contribution in [0, 0.1) is 0 Å². The highest BCUT2D eigenvalue weighted by Crippen LogP contribution is 2.50. The van der Waals surface area contributed by atoms with E-state index in [0.29, 0.717) is 25.7 Å². The summed E-state index contributed by atoms with van der Waals surface area (Å²) in [7, 11) is -17.6. The fraction of sp³-hybridized carbons (Fsp3) is 0.758. The van der Waals surface area contributed by atoms with Crippen molar-refractivity contribution in [2.45, 2.75) is 164 Å². The molecule has 0 saturated carbocycles. The van der Waals surface area contributed by atoms with E-state index < -0.39 is 154 Å². The van der Waals surface area contributed by atoms with Crippen molar-refractivity contribution >= 4 is 96.6 Å². The third-order valence-electron chi connectivity index (χ3n) is 12.4. The number of ether oxygens (including phenoxy) is 8. The molecule has 0 spiro atoms. The average Bonchev–Trinajstić information content (AvgIpc) is 0.892. The second kappa shape index (κ2) is 61.3. The maximum absolute atomic E-state index is 13.2. The van der Waals surface area contributed by atoms with E-state index in [0.717, 1.165) is 0 Å². The Kier molecular flexibility index (Phi) is 59.0. The molecular formula is C62H114N8O35P4. The third-order valence-corrected chi connectivity index (χ3v) is 17.3. The zero-order valence-electron chi connectivity index (χ0n) is 63.9. The van der Waals surface area contributed by atoms with Gasteiger partial charge in [0.25, 0.3) is 0 Å². The number of carbonyl (C=O) groups is 11. The van der Waals surface area contributed by atoms with Crippen LogP contribution in [0.4, 0.5) is 4.79 Å². The summed E-state index contributed by atoms with van der Waals surface area (Å²) in [6, 6.07) is -3.84. The van der Waals surface area contributed by atoms with Gasteiger partial charge in [-0.15, -0.1) is 13.2 Å². The highest BCUT2D eigenvalue weighted by atomic mass is 31.2. The molecule has 0 radical (unpaired) electrons. The van der Waals surface area contributed by atoms with Crippen molar-refractivity contribution in [3.8, 4) is 0 Å². The molecule has 0 rings (SSSR count). The minimum Gasteiger partial charge on any atom is -0.463 e. The topological polar surface area (TPSA) is 559 Å². The van der Waals surface area contributed by atoms with E-state index >= 15 is 0 Å². The minimum absolute atomic E-state index is 0.0347. The van der Waals surface area contributed by atoms with Crippen LogP contribution in [0.5, 0.6) is 0 Å².